The predicted molar refractivity (Wildman–Crippen MR) is 177 cm³/mol. The number of anilines is 4. The molecule has 19 heteroatoms. The zero-order valence-corrected chi connectivity index (χ0v) is 27.0. The van der Waals surface area contributed by atoms with Crippen LogP contribution in [0.2, 0.25) is 0 Å². The molecule has 0 aromatic carbocycles. The van der Waals surface area contributed by atoms with Gasteiger partial charge >= 0.3 is 0 Å². The molecule has 0 unspecified atom stereocenters. The quantitative estimate of drug-likeness (QED) is 0.0382. The van der Waals surface area contributed by atoms with Crippen molar-refractivity contribution in [1.29, 1.82) is 0 Å². The molecule has 4 aromatic heterocycles. The summed E-state index contributed by atoms with van der Waals surface area (Å²) >= 11 is 5.58. The van der Waals surface area contributed by atoms with Crippen LogP contribution in [0, 0.1) is 0 Å². The second-order valence-electron chi connectivity index (χ2n) is 10.5. The van der Waals surface area contributed by atoms with Crippen LogP contribution in [0.15, 0.2) is 59.6 Å². The van der Waals surface area contributed by atoms with Gasteiger partial charge in [0.1, 0.15) is 28.6 Å². The number of rotatable bonds is 12. The number of halogens is 1. The highest BCUT2D eigenvalue weighted by molar-refractivity contribution is 6.43. The minimum atomic E-state index is -0.659. The lowest BCUT2D eigenvalue weighted by Crippen LogP contribution is -2.29. The number of aryl methyl sites for hydroxylation is 4. The van der Waals surface area contributed by atoms with Crippen molar-refractivity contribution in [2.45, 2.75) is 6.42 Å². The fourth-order valence-corrected chi connectivity index (χ4v) is 4.58. The Morgan fingerprint density at radius 3 is 1.65 bits per heavy atom. The molecule has 0 fully saturated rings. The molecule has 0 atom stereocenters. The molecule has 4 aromatic rings. The maximum atomic E-state index is 13.1. The van der Waals surface area contributed by atoms with Gasteiger partial charge in [0, 0.05) is 65.8 Å². The highest BCUT2D eigenvalue weighted by Gasteiger charge is 2.20. The van der Waals surface area contributed by atoms with E-state index >= 15 is 0 Å². The monoisotopic (exact) mass is 680 g/mol. The fraction of sp³-hybridized carbons (Fsp3) is 0.207. The number of oxime groups is 1. The van der Waals surface area contributed by atoms with E-state index in [-0.39, 0.29) is 52.4 Å². The van der Waals surface area contributed by atoms with Crippen molar-refractivity contribution in [2.24, 2.45) is 39.1 Å². The van der Waals surface area contributed by atoms with Crippen molar-refractivity contribution in [1.82, 2.24) is 28.8 Å². The van der Waals surface area contributed by atoms with Crippen LogP contribution in [0.1, 0.15) is 48.4 Å². The lowest BCUT2D eigenvalue weighted by atomic mass is 10.3. The number of carbonyl (C=O) groups is 5. The third-order valence-corrected chi connectivity index (χ3v) is 7.05. The molecule has 4 rings (SSSR count). The Balaban J connectivity index is 1.38. The van der Waals surface area contributed by atoms with Gasteiger partial charge in [-0.05, 0) is 18.2 Å². The maximum absolute atomic E-state index is 13.1. The minimum Gasteiger partial charge on any atom is -0.409 e. The molecular weight excluding hydrogens is 648 g/mol. The van der Waals surface area contributed by atoms with Gasteiger partial charge in [-0.15, -0.1) is 0 Å². The molecule has 0 saturated heterocycles. The van der Waals surface area contributed by atoms with Crippen molar-refractivity contribution >= 4 is 69.9 Å². The number of nitrogens with one attached hydrogen (secondary N) is 5. The zero-order valence-electron chi connectivity index (χ0n) is 26.3. The van der Waals surface area contributed by atoms with Crippen LogP contribution < -0.4 is 32.3 Å². The van der Waals surface area contributed by atoms with Crippen LogP contribution in [-0.2, 0) is 33.0 Å². The Bertz CT molecular complexity index is 1960. The normalized spacial score (nSPS) is 11.1. The lowest BCUT2D eigenvalue weighted by Gasteiger charge is -2.04. The van der Waals surface area contributed by atoms with Crippen LogP contribution in [0.25, 0.3) is 0 Å². The summed E-state index contributed by atoms with van der Waals surface area (Å²) < 4.78 is 5.85. The van der Waals surface area contributed by atoms with Gasteiger partial charge < -0.3 is 51.2 Å². The zero-order chi connectivity index (χ0) is 35.3. The Morgan fingerprint density at radius 1 is 0.771 bits per heavy atom. The first-order valence-corrected chi connectivity index (χ1v) is 14.4. The van der Waals surface area contributed by atoms with Crippen LogP contribution in [0.3, 0.4) is 0 Å². The van der Waals surface area contributed by atoms with E-state index in [9.17, 15) is 24.0 Å². The summed E-state index contributed by atoms with van der Waals surface area (Å²) in [5.41, 5.74) is 7.26. The molecular formula is C29H33ClN12O6. The first kappa shape index (κ1) is 34.6. The average molecular weight is 681 g/mol. The molecule has 0 spiro atoms. The van der Waals surface area contributed by atoms with Crippen LogP contribution in [0.4, 0.5) is 22.9 Å². The van der Waals surface area contributed by atoms with Crippen molar-refractivity contribution in [3.63, 3.8) is 0 Å². The van der Waals surface area contributed by atoms with E-state index < -0.39 is 29.5 Å². The first-order chi connectivity index (χ1) is 22.7. The molecule has 8 N–H and O–H groups in total. The topological polar surface area (TPSA) is 237 Å². The number of nitrogens with two attached hydrogens (primary N) is 1. The molecule has 5 amide bonds. The second-order valence-corrected chi connectivity index (χ2v) is 11.0. The maximum Gasteiger partial charge on any atom is 0.274 e. The van der Waals surface area contributed by atoms with Crippen molar-refractivity contribution in [3.05, 3.63) is 77.2 Å². The Morgan fingerprint density at radius 2 is 1.21 bits per heavy atom. The first-order valence-electron chi connectivity index (χ1n) is 14.0. The second kappa shape index (κ2) is 14.4. The van der Waals surface area contributed by atoms with E-state index in [1.54, 1.807) is 39.7 Å². The van der Waals surface area contributed by atoms with Crippen molar-refractivity contribution < 1.29 is 29.2 Å². The molecule has 0 saturated carbocycles. The third-order valence-electron chi connectivity index (χ3n) is 6.88. The van der Waals surface area contributed by atoms with Crippen molar-refractivity contribution in [2.75, 3.05) is 27.8 Å². The Hall–Kier alpha value is -6.30. The Kier molecular flexibility index (Phi) is 10.4. The van der Waals surface area contributed by atoms with Crippen molar-refractivity contribution in [3.8, 4) is 0 Å². The molecule has 0 aliphatic carbocycles. The molecule has 0 aliphatic rings. The minimum absolute atomic E-state index is 0.0214. The predicted octanol–water partition coefficient (Wildman–Crippen LogP) is 1.75. The Labute approximate surface area is 278 Å². The fourth-order valence-electron chi connectivity index (χ4n) is 4.53. The van der Waals surface area contributed by atoms with Crippen LogP contribution >= 0.6 is 11.6 Å². The highest BCUT2D eigenvalue weighted by Crippen LogP contribution is 2.20. The lowest BCUT2D eigenvalue weighted by molar-refractivity contribution is -0.112. The number of amides is 5. The van der Waals surface area contributed by atoms with E-state index in [2.05, 4.69) is 43.4 Å². The number of amidine groups is 1. The molecule has 48 heavy (non-hydrogen) atoms. The van der Waals surface area contributed by atoms with Gasteiger partial charge in [-0.1, -0.05) is 23.3 Å². The summed E-state index contributed by atoms with van der Waals surface area (Å²) in [5.74, 6) is -2.54. The smallest absolute Gasteiger partial charge is 0.274 e. The van der Waals surface area contributed by atoms with Gasteiger partial charge in [-0.25, -0.2) is 0 Å². The van der Waals surface area contributed by atoms with Gasteiger partial charge in [-0.2, -0.15) is 5.10 Å². The highest BCUT2D eigenvalue weighted by atomic mass is 35.5. The van der Waals surface area contributed by atoms with Gasteiger partial charge in [0.15, 0.2) is 5.82 Å². The van der Waals surface area contributed by atoms with E-state index in [4.69, 9.17) is 22.5 Å². The van der Waals surface area contributed by atoms with Gasteiger partial charge in [0.2, 0.25) is 0 Å². The number of nitrogens with zero attached hydrogens (tertiary/aromatic N) is 6. The largest absolute Gasteiger partial charge is 0.409 e. The SMILES string of the molecule is C=C(Cl)C(=O)Nc1cc(C(=O)Nc2cc(C(=O)Nc3cc(C(=O)Nc4cc(C(=O)NCCC(N)=NO)n(C)c4)n(C)c3)n(C)c2)n(C)n1. The number of hydrogen-bond acceptors (Lipinski definition) is 8. The van der Waals surface area contributed by atoms with Gasteiger partial charge in [0.25, 0.3) is 29.5 Å². The summed E-state index contributed by atoms with van der Waals surface area (Å²) in [6.07, 6.45) is 4.83. The van der Waals surface area contributed by atoms with Crippen LogP contribution in [0.5, 0.6) is 0 Å². The molecule has 0 bridgehead atoms. The number of hydrogen-bond donors (Lipinski definition) is 7. The average Bonchev–Trinajstić information content (AvgIpc) is 3.78. The molecule has 18 nitrogen and oxygen atoms in total. The summed E-state index contributed by atoms with van der Waals surface area (Å²) in [6, 6.07) is 5.81. The molecule has 0 radical (unpaired) electrons. The number of aromatic nitrogens is 5. The van der Waals surface area contributed by atoms with Gasteiger partial charge in [-0.3, -0.25) is 28.7 Å². The van der Waals surface area contributed by atoms with E-state index in [1.165, 1.54) is 49.7 Å². The summed E-state index contributed by atoms with van der Waals surface area (Å²) in [7, 11) is 6.42. The van der Waals surface area contributed by atoms with E-state index in [1.807, 2.05) is 0 Å². The number of carbonyl (C=O) groups excluding carboxylic acids is 5. The summed E-state index contributed by atoms with van der Waals surface area (Å²) in [5, 5.41) is 28.5. The molecule has 252 valence electrons. The summed E-state index contributed by atoms with van der Waals surface area (Å²) in [6.45, 7) is 3.49. The van der Waals surface area contributed by atoms with E-state index in [0.717, 1.165) is 0 Å². The van der Waals surface area contributed by atoms with Gasteiger partial charge in [0.05, 0.1) is 22.1 Å². The molecule has 0 aliphatic heterocycles. The standard InChI is InChI=1S/C29H33ClN12O6/c1-15(30)25(43)36-24-11-22(42(5)37-24)29(47)35-18-10-21(41(4)14-18)28(46)34-17-9-20(40(3)13-17)27(45)33-16-8-19(39(2)12-16)26(44)32-7-6-23(31)38-48/h8-14,48H,1,6-7H2,2-5H3,(H2,31,38)(H,32,44)(H,33,45)(H,34,46)(H,35,47)(H,36,37,43). The van der Waals surface area contributed by atoms with E-state index in [0.29, 0.717) is 17.1 Å². The summed E-state index contributed by atoms with van der Waals surface area (Å²) in [4.78, 5) is 63.4. The third kappa shape index (κ3) is 8.10. The van der Waals surface area contributed by atoms with Crippen LogP contribution in [-0.4, -0.2) is 70.6 Å². The molecule has 4 heterocycles.